The molecule has 4 aromatic rings. The molecule has 18 heteroatoms. The molecule has 216 valence electrons. The Morgan fingerprint density at radius 1 is 0.650 bits per heavy atom. The second-order valence-corrected chi connectivity index (χ2v) is 9.05. The number of imidazole rings is 2. The van der Waals surface area contributed by atoms with Gasteiger partial charge in [0.05, 0.1) is 25.9 Å². The van der Waals surface area contributed by atoms with Gasteiger partial charge in [0.2, 0.25) is 0 Å². The van der Waals surface area contributed by atoms with Crippen LogP contribution in [0, 0.1) is 0 Å². The number of nitrogens with zero attached hydrogens (tertiary/aromatic N) is 8. The predicted octanol–water partition coefficient (Wildman–Crippen LogP) is -3.04. The first kappa shape index (κ1) is 27.9. The lowest BCUT2D eigenvalue weighted by molar-refractivity contribution is -0.0511. The standard InChI is InChI=1S/2C11H15N5O4/c2*1-12-9-6-10(14-3-13-9)16(4-15-6)11-8(19)7(18)5(2-17)20-11/h2*3-5,7-8,11,17-19H,2H2,1H3,(H,12,13,14)/t2*5-,7-,8-,11-/m11/s1. The molecule has 40 heavy (non-hydrogen) atoms. The molecule has 6 rings (SSSR count). The van der Waals surface area contributed by atoms with E-state index in [1.54, 1.807) is 14.1 Å². The zero-order valence-corrected chi connectivity index (χ0v) is 21.4. The van der Waals surface area contributed by atoms with Crippen molar-refractivity contribution in [3.8, 4) is 0 Å². The summed E-state index contributed by atoms with van der Waals surface area (Å²) in [6, 6.07) is 0. The number of hydrogen-bond donors (Lipinski definition) is 8. The van der Waals surface area contributed by atoms with Crippen LogP contribution in [-0.2, 0) is 9.47 Å². The molecule has 0 aromatic carbocycles. The third-order valence-corrected chi connectivity index (χ3v) is 6.77. The van der Waals surface area contributed by atoms with Gasteiger partial charge in [-0.05, 0) is 0 Å². The second kappa shape index (κ2) is 11.5. The summed E-state index contributed by atoms with van der Waals surface area (Å²) in [4.78, 5) is 24.7. The van der Waals surface area contributed by atoms with E-state index >= 15 is 0 Å². The van der Waals surface area contributed by atoms with Gasteiger partial charge in [-0.25, -0.2) is 29.9 Å². The topological polar surface area (TPSA) is 251 Å². The highest BCUT2D eigenvalue weighted by Gasteiger charge is 2.45. The van der Waals surface area contributed by atoms with Crippen molar-refractivity contribution in [2.45, 2.75) is 49.1 Å². The minimum absolute atomic E-state index is 0.377. The number of hydrogen-bond acceptors (Lipinski definition) is 16. The molecule has 0 amide bonds. The Bertz CT molecular complexity index is 1340. The van der Waals surface area contributed by atoms with Gasteiger partial charge in [0.25, 0.3) is 0 Å². The SMILES string of the molecule is CNc1ncnc2c1ncn2[C@@H]1O[C@H](CO)[C@@H](O)[C@H]1O.CNc1ncnc2c1ncn2[C@@H]1O[C@H](CO)[C@@H](O)[C@H]1O. The van der Waals surface area contributed by atoms with Crippen LogP contribution in [-0.4, -0.2) is 134 Å². The van der Waals surface area contributed by atoms with Crippen LogP contribution in [0.5, 0.6) is 0 Å². The lowest BCUT2D eigenvalue weighted by atomic mass is 10.1. The molecular weight excluding hydrogens is 532 g/mol. The minimum Gasteiger partial charge on any atom is -0.394 e. The van der Waals surface area contributed by atoms with Crippen molar-refractivity contribution in [3.05, 3.63) is 25.3 Å². The number of fused-ring (bicyclic) bond motifs is 2. The highest BCUT2D eigenvalue weighted by Crippen LogP contribution is 2.33. The maximum Gasteiger partial charge on any atom is 0.167 e. The highest BCUT2D eigenvalue weighted by molar-refractivity contribution is 5.83. The van der Waals surface area contributed by atoms with Crippen molar-refractivity contribution >= 4 is 34.0 Å². The summed E-state index contributed by atoms with van der Waals surface area (Å²) in [6.07, 6.45) is -2.38. The summed E-state index contributed by atoms with van der Waals surface area (Å²) < 4.78 is 13.9. The summed E-state index contributed by atoms with van der Waals surface area (Å²) in [5.74, 6) is 1.11. The molecule has 18 nitrogen and oxygen atoms in total. The molecule has 0 bridgehead atoms. The van der Waals surface area contributed by atoms with Gasteiger partial charge < -0.3 is 50.7 Å². The van der Waals surface area contributed by atoms with Gasteiger partial charge >= 0.3 is 0 Å². The smallest absolute Gasteiger partial charge is 0.167 e. The van der Waals surface area contributed by atoms with E-state index in [-0.39, 0.29) is 13.2 Å². The van der Waals surface area contributed by atoms with Crippen LogP contribution in [0.15, 0.2) is 25.3 Å². The number of aliphatic hydroxyl groups is 6. The number of aromatic nitrogens is 8. The summed E-state index contributed by atoms with van der Waals surface area (Å²) >= 11 is 0. The Hall–Kier alpha value is -3.62. The molecular formula is C22H30N10O8. The second-order valence-electron chi connectivity index (χ2n) is 9.05. The Morgan fingerprint density at radius 3 is 1.38 bits per heavy atom. The maximum absolute atomic E-state index is 10.0. The third-order valence-electron chi connectivity index (χ3n) is 6.77. The van der Waals surface area contributed by atoms with Crippen molar-refractivity contribution in [3.63, 3.8) is 0 Å². The molecule has 0 radical (unpaired) electrons. The van der Waals surface area contributed by atoms with Gasteiger partial charge in [0.1, 0.15) is 60.3 Å². The van der Waals surface area contributed by atoms with Crippen LogP contribution in [0.2, 0.25) is 0 Å². The first-order chi connectivity index (χ1) is 19.3. The van der Waals surface area contributed by atoms with Gasteiger partial charge in [-0.1, -0.05) is 0 Å². The number of ether oxygens (including phenoxy) is 2. The van der Waals surface area contributed by atoms with Crippen molar-refractivity contribution < 1.29 is 40.1 Å². The zero-order valence-electron chi connectivity index (χ0n) is 21.4. The summed E-state index contributed by atoms with van der Waals surface area (Å²) in [7, 11) is 3.43. The zero-order chi connectivity index (χ0) is 28.6. The van der Waals surface area contributed by atoms with Gasteiger partial charge in [0.15, 0.2) is 35.4 Å². The van der Waals surface area contributed by atoms with Crippen molar-refractivity contribution in [1.82, 2.24) is 39.0 Å². The molecule has 2 saturated heterocycles. The molecule has 2 aliphatic heterocycles. The van der Waals surface area contributed by atoms with E-state index in [0.29, 0.717) is 34.0 Å². The van der Waals surface area contributed by atoms with Crippen LogP contribution in [0.25, 0.3) is 22.3 Å². The fraction of sp³-hybridized carbons (Fsp3) is 0.545. The molecule has 2 aliphatic rings. The monoisotopic (exact) mass is 562 g/mol. The fourth-order valence-corrected chi connectivity index (χ4v) is 4.66. The van der Waals surface area contributed by atoms with Crippen molar-refractivity contribution in [2.24, 2.45) is 0 Å². The Labute approximate surface area is 225 Å². The van der Waals surface area contributed by atoms with Crippen LogP contribution in [0.3, 0.4) is 0 Å². The average Bonchev–Trinajstić information content (AvgIpc) is 3.74. The van der Waals surface area contributed by atoms with Gasteiger partial charge in [0, 0.05) is 14.1 Å². The summed E-state index contributed by atoms with van der Waals surface area (Å²) in [5.41, 5.74) is 2.01. The van der Waals surface area contributed by atoms with Crippen molar-refractivity contribution in [2.75, 3.05) is 37.9 Å². The van der Waals surface area contributed by atoms with Crippen LogP contribution >= 0.6 is 0 Å². The molecule has 0 saturated carbocycles. The lowest BCUT2D eigenvalue weighted by Gasteiger charge is -2.16. The molecule has 0 spiro atoms. The molecule has 6 heterocycles. The number of anilines is 2. The van der Waals surface area contributed by atoms with Crippen LogP contribution in [0.4, 0.5) is 11.6 Å². The lowest BCUT2D eigenvalue weighted by Crippen LogP contribution is -2.33. The fourth-order valence-electron chi connectivity index (χ4n) is 4.66. The van der Waals surface area contributed by atoms with E-state index < -0.39 is 49.1 Å². The van der Waals surface area contributed by atoms with E-state index in [0.717, 1.165) is 0 Å². The van der Waals surface area contributed by atoms with Crippen LogP contribution in [0.1, 0.15) is 12.5 Å². The van der Waals surface area contributed by atoms with Crippen LogP contribution < -0.4 is 10.6 Å². The highest BCUT2D eigenvalue weighted by atomic mass is 16.6. The first-order valence-electron chi connectivity index (χ1n) is 12.3. The molecule has 4 aromatic heterocycles. The molecule has 0 aliphatic carbocycles. The number of aliphatic hydroxyl groups excluding tert-OH is 6. The summed E-state index contributed by atoms with van der Waals surface area (Å²) in [5, 5.41) is 63.6. The quantitative estimate of drug-likeness (QED) is 0.116. The Kier molecular flexibility index (Phi) is 8.01. The normalized spacial score (nSPS) is 30.0. The van der Waals surface area contributed by atoms with E-state index in [1.165, 1.54) is 34.4 Å². The van der Waals surface area contributed by atoms with E-state index in [2.05, 4.69) is 40.5 Å². The maximum atomic E-state index is 10.0. The first-order valence-corrected chi connectivity index (χ1v) is 12.3. The van der Waals surface area contributed by atoms with E-state index in [9.17, 15) is 20.4 Å². The summed E-state index contributed by atoms with van der Waals surface area (Å²) in [6.45, 7) is -0.754. The number of rotatable bonds is 6. The minimum atomic E-state index is -1.17. The van der Waals surface area contributed by atoms with Gasteiger partial charge in [-0.15, -0.1) is 0 Å². The van der Waals surface area contributed by atoms with E-state index in [1.807, 2.05) is 0 Å². The predicted molar refractivity (Wildman–Crippen MR) is 136 cm³/mol. The average molecular weight is 563 g/mol. The van der Waals surface area contributed by atoms with Gasteiger partial charge in [-0.2, -0.15) is 0 Å². The molecule has 8 N–H and O–H groups in total. The van der Waals surface area contributed by atoms with E-state index in [4.69, 9.17) is 19.7 Å². The Morgan fingerprint density at radius 2 is 1.05 bits per heavy atom. The molecule has 2 fully saturated rings. The largest absolute Gasteiger partial charge is 0.394 e. The third kappa shape index (κ3) is 4.69. The Balaban J connectivity index is 0.000000161. The molecule has 8 atom stereocenters. The van der Waals surface area contributed by atoms with Gasteiger partial charge in [-0.3, -0.25) is 9.13 Å². The molecule has 0 unspecified atom stereocenters. The number of nitrogens with one attached hydrogen (secondary N) is 2. The van der Waals surface area contributed by atoms with Crippen molar-refractivity contribution in [1.29, 1.82) is 0 Å².